The van der Waals surface area contributed by atoms with E-state index < -0.39 is 18.0 Å². The molecule has 144 valence electrons. The van der Waals surface area contributed by atoms with E-state index in [0.717, 1.165) is 19.3 Å². The number of rotatable bonds is 14. The standard InChI is InChI=1S/C18H32N2O5.2Na/c1-3-4-5-6-7-8-16-19(12-14-25-13-9-17(21)22)10-11-20(16)15(2)18(23)24;;/h10-11,15-16H,3-9,12-14H2,1-2H3,(H,21,22)(H,23,24);;/q;2*+1/p-2. The second-order valence-corrected chi connectivity index (χ2v) is 6.40. The summed E-state index contributed by atoms with van der Waals surface area (Å²) in [5.41, 5.74) is 0. The van der Waals surface area contributed by atoms with Crippen molar-refractivity contribution in [3.05, 3.63) is 12.4 Å². The van der Waals surface area contributed by atoms with Crippen LogP contribution in [0, 0.1) is 0 Å². The maximum absolute atomic E-state index is 11.2. The van der Waals surface area contributed by atoms with Crippen molar-refractivity contribution in [1.29, 1.82) is 0 Å². The minimum Gasteiger partial charge on any atom is -0.550 e. The maximum Gasteiger partial charge on any atom is 1.00 e. The van der Waals surface area contributed by atoms with Crippen LogP contribution < -0.4 is 69.3 Å². The number of carboxylic acid groups (broad SMARTS) is 2. The number of carboxylic acids is 2. The summed E-state index contributed by atoms with van der Waals surface area (Å²) in [7, 11) is 0. The number of carbonyl (C=O) groups is 2. The van der Waals surface area contributed by atoms with Crippen LogP contribution in [0.3, 0.4) is 0 Å². The molecule has 0 aromatic carbocycles. The van der Waals surface area contributed by atoms with Crippen LogP contribution in [0.15, 0.2) is 12.4 Å². The predicted octanol–water partition coefficient (Wildman–Crippen LogP) is -5.94. The Morgan fingerprint density at radius 1 is 1.07 bits per heavy atom. The van der Waals surface area contributed by atoms with Crippen LogP contribution in [0.5, 0.6) is 0 Å². The van der Waals surface area contributed by atoms with Crippen LogP contribution in [-0.4, -0.2) is 53.7 Å². The van der Waals surface area contributed by atoms with Gasteiger partial charge >= 0.3 is 59.1 Å². The van der Waals surface area contributed by atoms with Gasteiger partial charge in [0, 0.05) is 31.3 Å². The summed E-state index contributed by atoms with van der Waals surface area (Å²) in [6.07, 6.45) is 10.2. The predicted molar refractivity (Wildman–Crippen MR) is 89.8 cm³/mol. The van der Waals surface area contributed by atoms with Crippen molar-refractivity contribution in [3.8, 4) is 0 Å². The van der Waals surface area contributed by atoms with Crippen molar-refractivity contribution in [2.75, 3.05) is 19.8 Å². The van der Waals surface area contributed by atoms with E-state index in [1.807, 2.05) is 11.1 Å². The molecule has 9 heteroatoms. The van der Waals surface area contributed by atoms with Crippen LogP contribution >= 0.6 is 0 Å². The first-order valence-corrected chi connectivity index (χ1v) is 9.17. The molecule has 0 amide bonds. The molecule has 0 bridgehead atoms. The molecule has 1 aliphatic heterocycles. The average molecular weight is 400 g/mol. The van der Waals surface area contributed by atoms with Gasteiger partial charge in [-0.15, -0.1) is 0 Å². The van der Waals surface area contributed by atoms with E-state index in [4.69, 9.17) is 4.74 Å². The third kappa shape index (κ3) is 11.7. The van der Waals surface area contributed by atoms with Crippen LogP contribution in [0.25, 0.3) is 0 Å². The Bertz CT molecular complexity index is 451. The molecular weight excluding hydrogens is 370 g/mol. The number of hydrogen-bond acceptors (Lipinski definition) is 7. The van der Waals surface area contributed by atoms with Crippen molar-refractivity contribution in [3.63, 3.8) is 0 Å². The molecule has 0 radical (unpaired) electrons. The van der Waals surface area contributed by atoms with E-state index in [9.17, 15) is 19.8 Å². The van der Waals surface area contributed by atoms with E-state index in [-0.39, 0.29) is 78.3 Å². The largest absolute Gasteiger partial charge is 1.00 e. The number of carbonyl (C=O) groups excluding carboxylic acids is 2. The van der Waals surface area contributed by atoms with Crippen LogP contribution in [0.4, 0.5) is 0 Å². The average Bonchev–Trinajstić information content (AvgIpc) is 2.96. The quantitative estimate of drug-likeness (QED) is 0.212. The maximum atomic E-state index is 11.2. The van der Waals surface area contributed by atoms with Crippen LogP contribution in [0.1, 0.15) is 58.8 Å². The summed E-state index contributed by atoms with van der Waals surface area (Å²) < 4.78 is 5.31. The Hall–Kier alpha value is 0.240. The first-order chi connectivity index (χ1) is 12.0. The van der Waals surface area contributed by atoms with Gasteiger partial charge in [0.25, 0.3) is 0 Å². The molecule has 0 saturated heterocycles. The Balaban J connectivity index is 0. The zero-order valence-electron chi connectivity index (χ0n) is 17.3. The fourth-order valence-electron chi connectivity index (χ4n) is 2.94. The van der Waals surface area contributed by atoms with Gasteiger partial charge in [0.05, 0.1) is 25.2 Å². The molecule has 0 saturated carbocycles. The summed E-state index contributed by atoms with van der Waals surface area (Å²) in [5, 5.41) is 21.6. The van der Waals surface area contributed by atoms with E-state index in [1.165, 1.54) is 19.3 Å². The normalized spacial score (nSPS) is 16.6. The monoisotopic (exact) mass is 400 g/mol. The van der Waals surface area contributed by atoms with E-state index in [2.05, 4.69) is 11.8 Å². The van der Waals surface area contributed by atoms with Crippen molar-refractivity contribution < 1.29 is 83.7 Å². The molecule has 2 atom stereocenters. The fourth-order valence-corrected chi connectivity index (χ4v) is 2.94. The Labute approximate surface area is 207 Å². The molecule has 2 unspecified atom stereocenters. The Kier molecular flexibility index (Phi) is 18.7. The zero-order chi connectivity index (χ0) is 18.7. The van der Waals surface area contributed by atoms with Gasteiger partial charge in [-0.3, -0.25) is 0 Å². The number of hydrogen-bond donors (Lipinski definition) is 0. The number of ether oxygens (including phenoxy) is 1. The van der Waals surface area contributed by atoms with Gasteiger partial charge in [0.1, 0.15) is 6.17 Å². The number of nitrogens with zero attached hydrogens (tertiary/aromatic N) is 2. The summed E-state index contributed by atoms with van der Waals surface area (Å²) in [6, 6.07) is -0.694. The topological polar surface area (TPSA) is 96.0 Å². The molecule has 1 rings (SSSR count). The third-order valence-corrected chi connectivity index (χ3v) is 4.46. The molecule has 0 aromatic heterocycles. The Morgan fingerprint density at radius 3 is 2.33 bits per heavy atom. The molecule has 7 nitrogen and oxygen atoms in total. The van der Waals surface area contributed by atoms with Crippen LogP contribution in [0.2, 0.25) is 0 Å². The van der Waals surface area contributed by atoms with E-state index in [0.29, 0.717) is 13.2 Å². The summed E-state index contributed by atoms with van der Waals surface area (Å²) in [4.78, 5) is 25.5. The molecule has 27 heavy (non-hydrogen) atoms. The van der Waals surface area contributed by atoms with Crippen molar-refractivity contribution >= 4 is 11.9 Å². The van der Waals surface area contributed by atoms with Gasteiger partial charge in [-0.05, 0) is 19.8 Å². The van der Waals surface area contributed by atoms with Gasteiger partial charge < -0.3 is 34.3 Å². The molecule has 0 aliphatic carbocycles. The molecule has 0 spiro atoms. The zero-order valence-corrected chi connectivity index (χ0v) is 21.3. The summed E-state index contributed by atoms with van der Waals surface area (Å²) in [5.74, 6) is -2.22. The summed E-state index contributed by atoms with van der Waals surface area (Å²) >= 11 is 0. The van der Waals surface area contributed by atoms with Crippen LogP contribution in [-0.2, 0) is 14.3 Å². The van der Waals surface area contributed by atoms with Gasteiger partial charge in [0.2, 0.25) is 0 Å². The van der Waals surface area contributed by atoms with Crippen molar-refractivity contribution in [1.82, 2.24) is 9.80 Å². The van der Waals surface area contributed by atoms with Gasteiger partial charge in [0.15, 0.2) is 0 Å². The van der Waals surface area contributed by atoms with Gasteiger partial charge in [-0.1, -0.05) is 32.6 Å². The van der Waals surface area contributed by atoms with E-state index in [1.54, 1.807) is 13.1 Å². The minimum atomic E-state index is -1.13. The molecule has 0 N–H and O–H groups in total. The number of aliphatic carboxylic acids is 2. The van der Waals surface area contributed by atoms with Gasteiger partial charge in [-0.2, -0.15) is 0 Å². The fraction of sp³-hybridized carbons (Fsp3) is 0.778. The SMILES string of the molecule is CCCCCCCC1N(CCOCCC(=O)[O-])C=CN1C(C)C(=O)[O-].[Na+].[Na+]. The Morgan fingerprint density at radius 2 is 1.74 bits per heavy atom. The molecule has 1 heterocycles. The first kappa shape index (κ1) is 29.4. The molecule has 0 fully saturated rings. The second kappa shape index (κ2) is 17.1. The smallest absolute Gasteiger partial charge is 0.550 e. The minimum absolute atomic E-state index is 0. The van der Waals surface area contributed by atoms with Crippen molar-refractivity contribution in [2.24, 2.45) is 0 Å². The first-order valence-electron chi connectivity index (χ1n) is 9.17. The molecule has 0 aromatic rings. The molecular formula is C18H30N2Na2O5. The number of unbranched alkanes of at least 4 members (excludes halogenated alkanes) is 4. The summed E-state index contributed by atoms with van der Waals surface area (Å²) in [6.45, 7) is 4.90. The van der Waals surface area contributed by atoms with Gasteiger partial charge in [-0.25, -0.2) is 0 Å². The second-order valence-electron chi connectivity index (χ2n) is 6.40. The molecule has 1 aliphatic rings. The third-order valence-electron chi connectivity index (χ3n) is 4.46. The van der Waals surface area contributed by atoms with E-state index >= 15 is 0 Å². The van der Waals surface area contributed by atoms with Crippen molar-refractivity contribution in [2.45, 2.75) is 71.0 Å².